The van der Waals surface area contributed by atoms with Crippen LogP contribution in [0.5, 0.6) is 0 Å². The molecule has 0 unspecified atom stereocenters. The summed E-state index contributed by atoms with van der Waals surface area (Å²) in [4.78, 5) is 12.9. The van der Waals surface area contributed by atoms with Crippen molar-refractivity contribution in [3.8, 4) is 0 Å². The van der Waals surface area contributed by atoms with Gasteiger partial charge in [-0.15, -0.1) is 0 Å². The molecule has 0 aliphatic heterocycles. The Morgan fingerprint density at radius 1 is 0.862 bits per heavy atom. The van der Waals surface area contributed by atoms with Crippen molar-refractivity contribution < 1.29 is 13.2 Å². The quantitative estimate of drug-likeness (QED) is 0.666. The van der Waals surface area contributed by atoms with Crippen molar-refractivity contribution in [2.75, 3.05) is 16.7 Å². The first-order valence-corrected chi connectivity index (χ1v) is 10.7. The fraction of sp³-hybridized carbons (Fsp3) is 0.174. The average Bonchev–Trinajstić information content (AvgIpc) is 2.70. The van der Waals surface area contributed by atoms with Gasteiger partial charge in [0.25, 0.3) is 15.9 Å². The molecular formula is C23H24N2O3S. The third-order valence-corrected chi connectivity index (χ3v) is 6.72. The predicted octanol–water partition coefficient (Wildman–Crippen LogP) is 4.69. The molecule has 6 heteroatoms. The Bertz CT molecular complexity index is 1150. The van der Waals surface area contributed by atoms with Crippen LogP contribution in [0.1, 0.15) is 27.0 Å². The smallest absolute Gasteiger partial charge is 0.264 e. The van der Waals surface area contributed by atoms with E-state index in [0.717, 1.165) is 16.7 Å². The Balaban J connectivity index is 1.85. The van der Waals surface area contributed by atoms with E-state index in [0.29, 0.717) is 16.9 Å². The maximum Gasteiger partial charge on any atom is 0.264 e. The maximum absolute atomic E-state index is 12.9. The fourth-order valence-electron chi connectivity index (χ4n) is 2.87. The first kappa shape index (κ1) is 20.6. The van der Waals surface area contributed by atoms with Gasteiger partial charge in [0.15, 0.2) is 0 Å². The minimum atomic E-state index is -3.72. The Kier molecular flexibility index (Phi) is 5.75. The van der Waals surface area contributed by atoms with Gasteiger partial charge in [-0.1, -0.05) is 29.8 Å². The number of sulfonamides is 1. The first-order valence-electron chi connectivity index (χ1n) is 9.23. The van der Waals surface area contributed by atoms with Crippen LogP contribution in [0.3, 0.4) is 0 Å². The number of nitrogens with one attached hydrogen (secondary N) is 1. The number of carbonyl (C=O) groups is 1. The van der Waals surface area contributed by atoms with Crippen molar-refractivity contribution in [3.63, 3.8) is 0 Å². The highest BCUT2D eigenvalue weighted by Gasteiger charge is 2.22. The van der Waals surface area contributed by atoms with Crippen LogP contribution in [0.2, 0.25) is 0 Å². The van der Waals surface area contributed by atoms with Gasteiger partial charge in [-0.05, 0) is 74.4 Å². The number of amides is 1. The lowest BCUT2D eigenvalue weighted by molar-refractivity contribution is 0.102. The molecule has 1 N–H and O–H groups in total. The normalized spacial score (nSPS) is 11.2. The number of anilines is 2. The van der Waals surface area contributed by atoms with Crippen molar-refractivity contribution in [1.82, 2.24) is 0 Å². The Labute approximate surface area is 172 Å². The van der Waals surface area contributed by atoms with Gasteiger partial charge in [0.2, 0.25) is 0 Å². The minimum absolute atomic E-state index is 0.204. The molecule has 3 aromatic carbocycles. The molecule has 3 rings (SSSR count). The van der Waals surface area contributed by atoms with E-state index in [1.807, 2.05) is 39.0 Å². The third kappa shape index (κ3) is 4.49. The summed E-state index contributed by atoms with van der Waals surface area (Å²) in [5.41, 5.74) is 4.71. The lowest BCUT2D eigenvalue weighted by Gasteiger charge is -2.20. The van der Waals surface area contributed by atoms with Crippen molar-refractivity contribution in [2.45, 2.75) is 25.7 Å². The Morgan fingerprint density at radius 2 is 1.55 bits per heavy atom. The summed E-state index contributed by atoms with van der Waals surface area (Å²) >= 11 is 0. The van der Waals surface area contributed by atoms with Crippen LogP contribution in [0, 0.1) is 20.8 Å². The Morgan fingerprint density at radius 3 is 2.21 bits per heavy atom. The zero-order valence-corrected chi connectivity index (χ0v) is 17.7. The molecule has 0 saturated heterocycles. The zero-order valence-electron chi connectivity index (χ0n) is 16.9. The number of hydrogen-bond acceptors (Lipinski definition) is 3. The van der Waals surface area contributed by atoms with Crippen molar-refractivity contribution in [1.29, 1.82) is 0 Å². The summed E-state index contributed by atoms with van der Waals surface area (Å²) < 4.78 is 27.0. The van der Waals surface area contributed by atoms with Crippen LogP contribution in [-0.2, 0) is 10.0 Å². The van der Waals surface area contributed by atoms with E-state index in [1.165, 1.54) is 11.4 Å². The monoisotopic (exact) mass is 408 g/mol. The number of benzene rings is 3. The summed E-state index contributed by atoms with van der Waals surface area (Å²) in [5.74, 6) is -0.295. The molecule has 1 amide bonds. The minimum Gasteiger partial charge on any atom is -0.322 e. The molecule has 3 aromatic rings. The SMILES string of the molecule is Cc1ccc(S(=O)(=O)N(C)c2cccc(C(=O)Nc3ccc(C)c(C)c3)c2)cc1. The molecule has 0 heterocycles. The number of aryl methyl sites for hydroxylation is 3. The number of rotatable bonds is 5. The van der Waals surface area contributed by atoms with Crippen LogP contribution in [0.15, 0.2) is 71.6 Å². The molecule has 0 saturated carbocycles. The van der Waals surface area contributed by atoms with Gasteiger partial charge in [-0.3, -0.25) is 9.10 Å². The molecular weight excluding hydrogens is 384 g/mol. The van der Waals surface area contributed by atoms with E-state index in [-0.39, 0.29) is 10.8 Å². The molecule has 0 bridgehead atoms. The van der Waals surface area contributed by atoms with Crippen LogP contribution in [0.4, 0.5) is 11.4 Å². The third-order valence-electron chi connectivity index (χ3n) is 4.92. The lowest BCUT2D eigenvalue weighted by Crippen LogP contribution is -2.27. The lowest BCUT2D eigenvalue weighted by atomic mass is 10.1. The second-order valence-electron chi connectivity index (χ2n) is 7.09. The second kappa shape index (κ2) is 8.09. The molecule has 0 aromatic heterocycles. The highest BCUT2D eigenvalue weighted by molar-refractivity contribution is 7.92. The van der Waals surface area contributed by atoms with Crippen molar-refractivity contribution in [2.24, 2.45) is 0 Å². The van der Waals surface area contributed by atoms with E-state index in [4.69, 9.17) is 0 Å². The standard InChI is InChI=1S/C23H24N2O3S/c1-16-8-12-22(13-9-16)29(27,28)25(4)21-7-5-6-19(15-21)23(26)24-20-11-10-17(2)18(3)14-20/h5-15H,1-4H3,(H,24,26). The molecule has 150 valence electrons. The summed E-state index contributed by atoms with van der Waals surface area (Å²) in [6, 6.07) is 18.9. The topological polar surface area (TPSA) is 66.5 Å². The predicted molar refractivity (Wildman–Crippen MR) is 117 cm³/mol. The van der Waals surface area contributed by atoms with Gasteiger partial charge < -0.3 is 5.32 Å². The van der Waals surface area contributed by atoms with Gasteiger partial charge >= 0.3 is 0 Å². The van der Waals surface area contributed by atoms with Crippen molar-refractivity contribution in [3.05, 3.63) is 89.0 Å². The average molecular weight is 409 g/mol. The molecule has 0 fully saturated rings. The fourth-order valence-corrected chi connectivity index (χ4v) is 4.06. The van der Waals surface area contributed by atoms with Crippen LogP contribution in [-0.4, -0.2) is 21.4 Å². The second-order valence-corrected chi connectivity index (χ2v) is 9.06. The van der Waals surface area contributed by atoms with E-state index in [1.54, 1.807) is 48.5 Å². The van der Waals surface area contributed by atoms with Gasteiger partial charge in [0.1, 0.15) is 0 Å². The Hall–Kier alpha value is -3.12. The zero-order chi connectivity index (χ0) is 21.2. The molecule has 0 aliphatic rings. The van der Waals surface area contributed by atoms with Gasteiger partial charge in [0.05, 0.1) is 10.6 Å². The van der Waals surface area contributed by atoms with Gasteiger partial charge in [0, 0.05) is 18.3 Å². The first-order chi connectivity index (χ1) is 13.7. The number of nitrogens with zero attached hydrogens (tertiary/aromatic N) is 1. The van der Waals surface area contributed by atoms with Gasteiger partial charge in [-0.2, -0.15) is 0 Å². The van der Waals surface area contributed by atoms with Crippen LogP contribution in [0.25, 0.3) is 0 Å². The largest absolute Gasteiger partial charge is 0.322 e. The summed E-state index contributed by atoms with van der Waals surface area (Å²) in [6.07, 6.45) is 0. The molecule has 0 radical (unpaired) electrons. The molecule has 0 aliphatic carbocycles. The summed E-state index contributed by atoms with van der Waals surface area (Å²) in [5, 5.41) is 2.86. The number of carbonyl (C=O) groups excluding carboxylic acids is 1. The van der Waals surface area contributed by atoms with E-state index in [9.17, 15) is 13.2 Å². The van der Waals surface area contributed by atoms with E-state index < -0.39 is 10.0 Å². The van der Waals surface area contributed by atoms with Crippen molar-refractivity contribution >= 4 is 27.3 Å². The van der Waals surface area contributed by atoms with Gasteiger partial charge in [-0.25, -0.2) is 8.42 Å². The summed E-state index contributed by atoms with van der Waals surface area (Å²) in [7, 11) is -2.24. The van der Waals surface area contributed by atoms with Crippen LogP contribution < -0.4 is 9.62 Å². The molecule has 0 spiro atoms. The highest BCUT2D eigenvalue weighted by atomic mass is 32.2. The summed E-state index contributed by atoms with van der Waals surface area (Å²) in [6.45, 7) is 5.89. The maximum atomic E-state index is 12.9. The molecule has 29 heavy (non-hydrogen) atoms. The van der Waals surface area contributed by atoms with E-state index in [2.05, 4.69) is 5.32 Å². The molecule has 5 nitrogen and oxygen atoms in total. The van der Waals surface area contributed by atoms with Crippen LogP contribution >= 0.6 is 0 Å². The highest BCUT2D eigenvalue weighted by Crippen LogP contribution is 2.24. The van der Waals surface area contributed by atoms with E-state index >= 15 is 0 Å². The molecule has 0 atom stereocenters. The number of hydrogen-bond donors (Lipinski definition) is 1.